The van der Waals surface area contributed by atoms with Gasteiger partial charge in [-0.2, -0.15) is 0 Å². The van der Waals surface area contributed by atoms with Crippen molar-refractivity contribution in [2.45, 2.75) is 27.2 Å². The zero-order chi connectivity index (χ0) is 17.0. The fourth-order valence-corrected chi connectivity index (χ4v) is 2.32. The van der Waals surface area contributed by atoms with Crippen LogP contribution in [0.1, 0.15) is 22.8 Å². The summed E-state index contributed by atoms with van der Waals surface area (Å²) in [6.45, 7) is 5.78. The van der Waals surface area contributed by atoms with E-state index >= 15 is 0 Å². The van der Waals surface area contributed by atoms with Gasteiger partial charge in [0.15, 0.2) is 0 Å². The summed E-state index contributed by atoms with van der Waals surface area (Å²) >= 11 is 5.91. The summed E-state index contributed by atoms with van der Waals surface area (Å²) < 4.78 is 13.3. The van der Waals surface area contributed by atoms with Gasteiger partial charge in [0.25, 0.3) is 0 Å². The smallest absolute Gasteiger partial charge is 0.319 e. The Labute approximate surface area is 139 Å². The van der Waals surface area contributed by atoms with Crippen molar-refractivity contribution in [2.24, 2.45) is 0 Å². The maximum Gasteiger partial charge on any atom is 0.319 e. The molecule has 0 atom stereocenters. The van der Waals surface area contributed by atoms with Crippen LogP contribution in [0.15, 0.2) is 18.2 Å². The minimum Gasteiger partial charge on any atom is -0.337 e. The van der Waals surface area contributed by atoms with E-state index < -0.39 is 11.8 Å². The van der Waals surface area contributed by atoms with Crippen LogP contribution in [0.4, 0.5) is 14.9 Å². The minimum atomic E-state index is -0.415. The molecule has 23 heavy (non-hydrogen) atoms. The third-order valence-electron chi connectivity index (χ3n) is 3.16. The molecule has 2 amide bonds. The number of nitrogens with one attached hydrogen (secondary N) is 2. The molecular weight excluding hydrogens is 319 g/mol. The number of nitrogens with zero attached hydrogens (tertiary/aromatic N) is 2. The second kappa shape index (κ2) is 7.37. The Hall–Kier alpha value is -2.21. The Bertz CT molecular complexity index is 716. The molecule has 0 bridgehead atoms. The van der Waals surface area contributed by atoms with Gasteiger partial charge in [0.05, 0.1) is 10.7 Å². The number of urea groups is 1. The quantitative estimate of drug-likeness (QED) is 0.897. The Balaban J connectivity index is 1.89. The molecule has 2 aromatic rings. The summed E-state index contributed by atoms with van der Waals surface area (Å²) in [6, 6.07) is 4.14. The Morgan fingerprint density at radius 2 is 1.83 bits per heavy atom. The van der Waals surface area contributed by atoms with Crippen LogP contribution in [0.3, 0.4) is 0 Å². The molecule has 2 rings (SSSR count). The third kappa shape index (κ3) is 4.89. The zero-order valence-corrected chi connectivity index (χ0v) is 14.0. The van der Waals surface area contributed by atoms with E-state index in [1.54, 1.807) is 6.92 Å². The van der Waals surface area contributed by atoms with Crippen molar-refractivity contribution in [1.29, 1.82) is 0 Å². The molecule has 1 heterocycles. The molecular formula is C16H18ClFN4O. The van der Waals surface area contributed by atoms with E-state index in [0.29, 0.717) is 30.0 Å². The van der Waals surface area contributed by atoms with E-state index in [0.717, 1.165) is 11.4 Å². The summed E-state index contributed by atoms with van der Waals surface area (Å²) in [5, 5.41) is 5.45. The number of halogens is 2. The van der Waals surface area contributed by atoms with Crippen LogP contribution >= 0.6 is 11.6 Å². The molecule has 0 saturated heterocycles. The molecule has 122 valence electrons. The standard InChI is InChI=1S/C16H18ClFN4O/c1-9-6-14(12(17)8-13(9)18)22-16(23)19-5-4-15-20-10(2)7-11(3)21-15/h6-8H,4-5H2,1-3H3,(H2,19,22,23). The first-order chi connectivity index (χ1) is 10.8. The highest BCUT2D eigenvalue weighted by atomic mass is 35.5. The molecule has 0 spiro atoms. The lowest BCUT2D eigenvalue weighted by Gasteiger charge is -2.10. The van der Waals surface area contributed by atoms with Gasteiger partial charge in [0.1, 0.15) is 11.6 Å². The first-order valence-corrected chi connectivity index (χ1v) is 7.54. The monoisotopic (exact) mass is 336 g/mol. The number of aromatic nitrogens is 2. The molecule has 5 nitrogen and oxygen atoms in total. The highest BCUT2D eigenvalue weighted by Crippen LogP contribution is 2.24. The van der Waals surface area contributed by atoms with E-state index in [-0.39, 0.29) is 5.02 Å². The number of hydrogen-bond acceptors (Lipinski definition) is 3. The molecule has 0 saturated carbocycles. The molecule has 0 radical (unpaired) electrons. The van der Waals surface area contributed by atoms with Crippen LogP contribution < -0.4 is 10.6 Å². The number of benzene rings is 1. The van der Waals surface area contributed by atoms with Gasteiger partial charge < -0.3 is 10.6 Å². The van der Waals surface area contributed by atoms with Crippen LogP contribution in [0, 0.1) is 26.6 Å². The molecule has 7 heteroatoms. The number of carbonyl (C=O) groups excluding carboxylic acids is 1. The fraction of sp³-hybridized carbons (Fsp3) is 0.312. The number of hydrogen-bond donors (Lipinski definition) is 2. The van der Waals surface area contributed by atoms with Gasteiger partial charge in [-0.25, -0.2) is 19.2 Å². The maximum atomic E-state index is 13.3. The lowest BCUT2D eigenvalue weighted by atomic mass is 10.2. The number of aryl methyl sites for hydroxylation is 3. The topological polar surface area (TPSA) is 66.9 Å². The van der Waals surface area contributed by atoms with Gasteiger partial charge in [-0.05, 0) is 44.5 Å². The number of anilines is 1. The van der Waals surface area contributed by atoms with Crippen LogP contribution in [0.5, 0.6) is 0 Å². The summed E-state index contributed by atoms with van der Waals surface area (Å²) in [5.74, 6) is 0.270. The van der Waals surface area contributed by atoms with Crippen molar-refractivity contribution >= 4 is 23.3 Å². The summed E-state index contributed by atoms with van der Waals surface area (Å²) in [6.07, 6.45) is 0.520. The van der Waals surface area contributed by atoms with Gasteiger partial charge in [-0.1, -0.05) is 11.6 Å². The van der Waals surface area contributed by atoms with E-state index in [1.165, 1.54) is 12.1 Å². The predicted octanol–water partition coefficient (Wildman–Crippen LogP) is 3.56. The first kappa shape index (κ1) is 17.1. The molecule has 1 aromatic heterocycles. The van der Waals surface area contributed by atoms with Crippen LogP contribution in [0.2, 0.25) is 5.02 Å². The summed E-state index contributed by atoms with van der Waals surface area (Å²) in [4.78, 5) is 20.5. The minimum absolute atomic E-state index is 0.154. The largest absolute Gasteiger partial charge is 0.337 e. The Morgan fingerprint density at radius 1 is 1.17 bits per heavy atom. The first-order valence-electron chi connectivity index (χ1n) is 7.17. The van der Waals surface area contributed by atoms with Crippen molar-refractivity contribution in [3.8, 4) is 0 Å². The molecule has 1 aromatic carbocycles. The molecule has 0 aliphatic heterocycles. The fourth-order valence-electron chi connectivity index (χ4n) is 2.12. The van der Waals surface area contributed by atoms with Gasteiger partial charge in [0, 0.05) is 24.4 Å². The molecule has 0 unspecified atom stereocenters. The zero-order valence-electron chi connectivity index (χ0n) is 13.2. The van der Waals surface area contributed by atoms with Crippen LogP contribution in [-0.4, -0.2) is 22.5 Å². The number of rotatable bonds is 4. The average molecular weight is 337 g/mol. The molecule has 2 N–H and O–H groups in total. The van der Waals surface area contributed by atoms with Gasteiger partial charge in [0.2, 0.25) is 0 Å². The predicted molar refractivity (Wildman–Crippen MR) is 88.4 cm³/mol. The van der Waals surface area contributed by atoms with Crippen molar-refractivity contribution in [3.05, 3.63) is 51.8 Å². The van der Waals surface area contributed by atoms with Crippen molar-refractivity contribution in [3.63, 3.8) is 0 Å². The van der Waals surface area contributed by atoms with Crippen molar-refractivity contribution in [2.75, 3.05) is 11.9 Å². The van der Waals surface area contributed by atoms with E-state index in [2.05, 4.69) is 20.6 Å². The van der Waals surface area contributed by atoms with Gasteiger partial charge >= 0.3 is 6.03 Å². The van der Waals surface area contributed by atoms with Gasteiger partial charge in [-0.3, -0.25) is 0 Å². The van der Waals surface area contributed by atoms with Crippen molar-refractivity contribution in [1.82, 2.24) is 15.3 Å². The lowest BCUT2D eigenvalue weighted by molar-refractivity contribution is 0.252. The van der Waals surface area contributed by atoms with E-state index in [1.807, 2.05) is 19.9 Å². The van der Waals surface area contributed by atoms with E-state index in [9.17, 15) is 9.18 Å². The lowest BCUT2D eigenvalue weighted by Crippen LogP contribution is -2.31. The average Bonchev–Trinajstić information content (AvgIpc) is 2.43. The van der Waals surface area contributed by atoms with E-state index in [4.69, 9.17) is 11.6 Å². The molecule has 0 fully saturated rings. The van der Waals surface area contributed by atoms with Crippen LogP contribution in [-0.2, 0) is 6.42 Å². The Kier molecular flexibility index (Phi) is 5.50. The number of carbonyl (C=O) groups is 1. The molecule has 0 aliphatic carbocycles. The highest BCUT2D eigenvalue weighted by molar-refractivity contribution is 6.33. The highest BCUT2D eigenvalue weighted by Gasteiger charge is 2.09. The Morgan fingerprint density at radius 3 is 2.48 bits per heavy atom. The molecule has 0 aliphatic rings. The normalized spacial score (nSPS) is 10.5. The van der Waals surface area contributed by atoms with Crippen molar-refractivity contribution < 1.29 is 9.18 Å². The number of amides is 2. The summed E-state index contributed by atoms with van der Waals surface area (Å²) in [7, 11) is 0. The van der Waals surface area contributed by atoms with Crippen LogP contribution in [0.25, 0.3) is 0 Å². The SMILES string of the molecule is Cc1cc(C)nc(CCNC(=O)Nc2cc(C)c(F)cc2Cl)n1. The summed E-state index contributed by atoms with van der Waals surface area (Å²) in [5.41, 5.74) is 2.56. The second-order valence-electron chi connectivity index (χ2n) is 5.28. The third-order valence-corrected chi connectivity index (χ3v) is 3.47. The van der Waals surface area contributed by atoms with Gasteiger partial charge in [-0.15, -0.1) is 0 Å². The maximum absolute atomic E-state index is 13.3. The second-order valence-corrected chi connectivity index (χ2v) is 5.69.